The highest BCUT2D eigenvalue weighted by molar-refractivity contribution is 5.95. The average Bonchev–Trinajstić information content (AvgIpc) is 2.74. The van der Waals surface area contributed by atoms with E-state index in [9.17, 15) is 15.0 Å². The van der Waals surface area contributed by atoms with E-state index in [0.717, 1.165) is 50.8 Å². The fourth-order valence-electron chi connectivity index (χ4n) is 5.71. The molecule has 2 bridgehead atoms. The van der Waals surface area contributed by atoms with Gasteiger partial charge in [0.2, 0.25) is 0 Å². The van der Waals surface area contributed by atoms with E-state index in [-0.39, 0.29) is 17.5 Å². The van der Waals surface area contributed by atoms with Crippen molar-refractivity contribution in [3.05, 3.63) is 11.3 Å². The predicted octanol–water partition coefficient (Wildman–Crippen LogP) is 1.79. The van der Waals surface area contributed by atoms with Gasteiger partial charge in [-0.2, -0.15) is 0 Å². The number of aliphatic hydroxyl groups is 2. The van der Waals surface area contributed by atoms with Crippen LogP contribution < -0.4 is 0 Å². The lowest BCUT2D eigenvalue weighted by Gasteiger charge is -2.60. The monoisotopic (exact) mass is 277 g/mol. The molecule has 4 nitrogen and oxygen atoms in total. The predicted molar refractivity (Wildman–Crippen MR) is 74.3 cm³/mol. The van der Waals surface area contributed by atoms with E-state index in [2.05, 4.69) is 11.8 Å². The molecule has 4 atom stereocenters. The average molecular weight is 277 g/mol. The van der Waals surface area contributed by atoms with Gasteiger partial charge in [0.1, 0.15) is 0 Å². The van der Waals surface area contributed by atoms with Gasteiger partial charge in [-0.1, -0.05) is 6.92 Å². The molecule has 2 saturated heterocycles. The fourth-order valence-corrected chi connectivity index (χ4v) is 5.71. The molecule has 4 heteroatoms. The van der Waals surface area contributed by atoms with E-state index in [1.54, 1.807) is 0 Å². The third kappa shape index (κ3) is 1.27. The van der Waals surface area contributed by atoms with Crippen LogP contribution in [-0.2, 0) is 4.79 Å². The van der Waals surface area contributed by atoms with Gasteiger partial charge in [0.05, 0.1) is 11.1 Å². The van der Waals surface area contributed by atoms with E-state index in [4.69, 9.17) is 0 Å². The number of carbonyl (C=O) groups excluding carboxylic acids is 1. The first kappa shape index (κ1) is 12.8. The first-order valence-corrected chi connectivity index (χ1v) is 7.92. The van der Waals surface area contributed by atoms with E-state index >= 15 is 0 Å². The van der Waals surface area contributed by atoms with Crippen LogP contribution in [-0.4, -0.2) is 45.1 Å². The molecule has 2 aliphatic carbocycles. The van der Waals surface area contributed by atoms with Crippen molar-refractivity contribution in [3.63, 3.8) is 0 Å². The fraction of sp³-hybridized carbons (Fsp3) is 0.812. The van der Waals surface area contributed by atoms with E-state index < -0.39 is 11.1 Å². The molecule has 0 aromatic carbocycles. The van der Waals surface area contributed by atoms with Gasteiger partial charge >= 0.3 is 0 Å². The van der Waals surface area contributed by atoms with Gasteiger partial charge in [-0.15, -0.1) is 0 Å². The van der Waals surface area contributed by atoms with Gasteiger partial charge < -0.3 is 10.2 Å². The second-order valence-electron chi connectivity index (χ2n) is 7.32. The van der Waals surface area contributed by atoms with Crippen molar-refractivity contribution in [3.8, 4) is 0 Å². The Bertz CT molecular complexity index is 514. The largest absolute Gasteiger partial charge is 0.504 e. The molecule has 2 heterocycles. The molecule has 1 spiro atoms. The van der Waals surface area contributed by atoms with E-state index in [0.29, 0.717) is 12.3 Å². The number of Topliss-reactive ketones (excluding diaryl/α,β-unsaturated/α-hetero) is 1. The minimum atomic E-state index is -0.816. The Labute approximate surface area is 119 Å². The van der Waals surface area contributed by atoms with Crippen LogP contribution in [0.2, 0.25) is 0 Å². The number of carbonyl (C=O) groups is 1. The Morgan fingerprint density at radius 2 is 2.15 bits per heavy atom. The molecular weight excluding hydrogens is 254 g/mol. The molecular formula is C16H23NO3. The molecule has 3 fully saturated rings. The Morgan fingerprint density at radius 1 is 1.35 bits per heavy atom. The van der Waals surface area contributed by atoms with Crippen LogP contribution in [0.4, 0.5) is 0 Å². The lowest BCUT2D eigenvalue weighted by molar-refractivity contribution is -0.178. The maximum atomic E-state index is 12.3. The van der Waals surface area contributed by atoms with Gasteiger partial charge in [0.15, 0.2) is 11.5 Å². The van der Waals surface area contributed by atoms with Crippen LogP contribution >= 0.6 is 0 Å². The van der Waals surface area contributed by atoms with Crippen LogP contribution in [0, 0.1) is 11.8 Å². The standard InChI is InChI=1S/C16H23NO3/c1-10-7-11-8-13(18)14(19)12-3-6-17-5-2-4-16(11,20)15(12,17)9-10/h10-11,19-20H,2-9H2,1H3/t10-,11+,15+,16+/m0/s1. The third-order valence-corrected chi connectivity index (χ3v) is 6.36. The molecule has 20 heavy (non-hydrogen) atoms. The first-order chi connectivity index (χ1) is 9.49. The maximum absolute atomic E-state index is 12.3. The molecule has 2 aliphatic heterocycles. The van der Waals surface area contributed by atoms with Crippen molar-refractivity contribution in [2.45, 2.75) is 56.6 Å². The molecule has 0 amide bonds. The van der Waals surface area contributed by atoms with Crippen molar-refractivity contribution in [1.29, 1.82) is 0 Å². The summed E-state index contributed by atoms with van der Waals surface area (Å²) in [6.45, 7) is 4.07. The molecule has 0 aromatic heterocycles. The Hall–Kier alpha value is -0.870. The smallest absolute Gasteiger partial charge is 0.197 e. The SMILES string of the molecule is C[C@H]1C[C@@H]2CC(=O)C(O)=C3CCN4CCC[C@]2(O)[C@@]34C1. The Morgan fingerprint density at radius 3 is 2.95 bits per heavy atom. The second-order valence-corrected chi connectivity index (χ2v) is 7.32. The van der Waals surface area contributed by atoms with Gasteiger partial charge in [-0.25, -0.2) is 0 Å². The highest BCUT2D eigenvalue weighted by Gasteiger charge is 2.67. The van der Waals surface area contributed by atoms with Crippen LogP contribution in [0.1, 0.15) is 45.4 Å². The number of hydrogen-bond acceptors (Lipinski definition) is 4. The quantitative estimate of drug-likeness (QED) is 0.708. The third-order valence-electron chi connectivity index (χ3n) is 6.36. The van der Waals surface area contributed by atoms with Crippen LogP contribution in [0.15, 0.2) is 11.3 Å². The van der Waals surface area contributed by atoms with E-state index in [1.807, 2.05) is 0 Å². The van der Waals surface area contributed by atoms with Crippen molar-refractivity contribution >= 4 is 5.78 Å². The summed E-state index contributed by atoms with van der Waals surface area (Å²) in [6.07, 6.45) is 4.59. The zero-order valence-electron chi connectivity index (χ0n) is 12.1. The minimum Gasteiger partial charge on any atom is -0.504 e. The normalized spacial score (nSPS) is 48.2. The summed E-state index contributed by atoms with van der Waals surface area (Å²) < 4.78 is 0. The first-order valence-electron chi connectivity index (χ1n) is 7.92. The molecule has 0 aromatic rings. The zero-order valence-corrected chi connectivity index (χ0v) is 12.1. The molecule has 2 N–H and O–H groups in total. The number of nitrogens with zero attached hydrogens (tertiary/aromatic N) is 1. The number of rotatable bonds is 0. The highest BCUT2D eigenvalue weighted by Crippen LogP contribution is 2.60. The number of aliphatic hydroxyl groups excluding tert-OH is 1. The van der Waals surface area contributed by atoms with Crippen molar-refractivity contribution in [2.24, 2.45) is 11.8 Å². The summed E-state index contributed by atoms with van der Waals surface area (Å²) in [4.78, 5) is 14.7. The van der Waals surface area contributed by atoms with Crippen LogP contribution in [0.5, 0.6) is 0 Å². The summed E-state index contributed by atoms with van der Waals surface area (Å²) in [5.41, 5.74) is -0.424. The van der Waals surface area contributed by atoms with Gasteiger partial charge in [0, 0.05) is 13.0 Å². The number of allylic oxidation sites excluding steroid dienone is 1. The van der Waals surface area contributed by atoms with Crippen LogP contribution in [0.3, 0.4) is 0 Å². The van der Waals surface area contributed by atoms with E-state index in [1.165, 1.54) is 0 Å². The lowest BCUT2D eigenvalue weighted by Crippen LogP contribution is -2.70. The summed E-state index contributed by atoms with van der Waals surface area (Å²) in [5.74, 6) is 0.319. The summed E-state index contributed by atoms with van der Waals surface area (Å²) >= 11 is 0. The van der Waals surface area contributed by atoms with Crippen LogP contribution in [0.25, 0.3) is 0 Å². The number of hydrogen-bond donors (Lipinski definition) is 2. The molecule has 4 rings (SSSR count). The molecule has 0 unspecified atom stereocenters. The Kier molecular flexibility index (Phi) is 2.48. The summed E-state index contributed by atoms with van der Waals surface area (Å²) in [7, 11) is 0. The number of ketones is 1. The van der Waals surface area contributed by atoms with Crippen molar-refractivity contribution < 1.29 is 15.0 Å². The zero-order chi connectivity index (χ0) is 14.1. The minimum absolute atomic E-state index is 0.000648. The van der Waals surface area contributed by atoms with Gasteiger partial charge in [-0.05, 0) is 56.1 Å². The topological polar surface area (TPSA) is 60.8 Å². The molecule has 0 radical (unpaired) electrons. The molecule has 1 saturated carbocycles. The molecule has 4 aliphatic rings. The number of piperidine rings is 1. The van der Waals surface area contributed by atoms with Gasteiger partial charge in [-0.3, -0.25) is 9.69 Å². The highest BCUT2D eigenvalue weighted by atomic mass is 16.3. The second kappa shape index (κ2) is 3.86. The summed E-state index contributed by atoms with van der Waals surface area (Å²) in [6, 6.07) is 0. The maximum Gasteiger partial charge on any atom is 0.197 e. The molecule has 110 valence electrons. The van der Waals surface area contributed by atoms with Crippen molar-refractivity contribution in [2.75, 3.05) is 13.1 Å². The van der Waals surface area contributed by atoms with Gasteiger partial charge in [0.25, 0.3) is 0 Å². The lowest BCUT2D eigenvalue weighted by atomic mass is 9.55. The summed E-state index contributed by atoms with van der Waals surface area (Å²) in [5, 5.41) is 22.0. The van der Waals surface area contributed by atoms with Crippen molar-refractivity contribution in [1.82, 2.24) is 4.90 Å². The Balaban J connectivity index is 1.99.